The summed E-state index contributed by atoms with van der Waals surface area (Å²) >= 11 is 0. The van der Waals surface area contributed by atoms with Crippen molar-refractivity contribution >= 4 is 11.0 Å². The van der Waals surface area contributed by atoms with E-state index in [0.717, 1.165) is 18.5 Å². The quantitative estimate of drug-likeness (QED) is 0.481. The van der Waals surface area contributed by atoms with Gasteiger partial charge in [-0.05, 0) is 47.9 Å². The minimum absolute atomic E-state index is 0.294. The van der Waals surface area contributed by atoms with Gasteiger partial charge in [0.05, 0.1) is 11.0 Å². The molecule has 0 N–H and O–H groups in total. The zero-order valence-electron chi connectivity index (χ0n) is 16.9. The molecule has 1 heterocycles. The number of nitrogens with zero attached hydrogens (tertiary/aromatic N) is 2. The summed E-state index contributed by atoms with van der Waals surface area (Å²) in [6.45, 7) is 12.4. The van der Waals surface area contributed by atoms with Crippen LogP contribution in [0.15, 0.2) is 48.5 Å². The van der Waals surface area contributed by atoms with Crippen LogP contribution in [0.4, 0.5) is 0 Å². The highest BCUT2D eigenvalue weighted by molar-refractivity contribution is 5.76. The average molecular weight is 349 g/mol. The molecular weight excluding hydrogens is 316 g/mol. The Labute approximate surface area is 158 Å². The number of benzene rings is 2. The number of imidazole rings is 1. The summed E-state index contributed by atoms with van der Waals surface area (Å²) in [5.74, 6) is 2.86. The predicted molar refractivity (Wildman–Crippen MR) is 112 cm³/mol. The van der Waals surface area contributed by atoms with Crippen molar-refractivity contribution in [2.75, 3.05) is 0 Å². The van der Waals surface area contributed by atoms with E-state index in [1.165, 1.54) is 28.9 Å². The van der Waals surface area contributed by atoms with E-state index in [1.54, 1.807) is 0 Å². The van der Waals surface area contributed by atoms with Gasteiger partial charge in [0.2, 0.25) is 0 Å². The van der Waals surface area contributed by atoms with Crippen molar-refractivity contribution in [2.24, 2.45) is 11.8 Å². The first-order valence-electron chi connectivity index (χ1n) is 9.99. The summed E-state index contributed by atoms with van der Waals surface area (Å²) in [5.41, 5.74) is 5.13. The zero-order valence-corrected chi connectivity index (χ0v) is 16.9. The Morgan fingerprint density at radius 3 is 2.19 bits per heavy atom. The molecule has 0 radical (unpaired) electrons. The smallest absolute Gasteiger partial charge is 0.117 e. The highest BCUT2D eigenvalue weighted by Gasteiger charge is 2.18. The maximum absolute atomic E-state index is 5.00. The van der Waals surface area contributed by atoms with Gasteiger partial charge < -0.3 is 4.57 Å². The Hall–Kier alpha value is -2.09. The van der Waals surface area contributed by atoms with Gasteiger partial charge in [-0.15, -0.1) is 0 Å². The van der Waals surface area contributed by atoms with Gasteiger partial charge >= 0.3 is 0 Å². The molecule has 0 fully saturated rings. The maximum atomic E-state index is 5.00. The number of hydrogen-bond donors (Lipinski definition) is 0. The fourth-order valence-electron chi connectivity index (χ4n) is 3.61. The first-order valence-corrected chi connectivity index (χ1v) is 9.99. The van der Waals surface area contributed by atoms with Crippen LogP contribution in [0.3, 0.4) is 0 Å². The second-order valence-corrected chi connectivity index (χ2v) is 8.35. The van der Waals surface area contributed by atoms with Gasteiger partial charge in [-0.1, -0.05) is 71.0 Å². The molecule has 0 unspecified atom stereocenters. The second kappa shape index (κ2) is 8.07. The number of hydrogen-bond acceptors (Lipinski definition) is 1. The molecule has 0 spiro atoms. The Morgan fingerprint density at radius 2 is 1.54 bits per heavy atom. The number of rotatable bonds is 7. The van der Waals surface area contributed by atoms with Crippen LogP contribution in [-0.2, 0) is 13.0 Å². The van der Waals surface area contributed by atoms with Crippen LogP contribution in [0.25, 0.3) is 11.0 Å². The molecule has 2 nitrogen and oxygen atoms in total. The molecule has 2 aromatic carbocycles. The van der Waals surface area contributed by atoms with Crippen molar-refractivity contribution in [1.82, 2.24) is 9.55 Å². The van der Waals surface area contributed by atoms with E-state index in [4.69, 9.17) is 4.98 Å². The zero-order chi connectivity index (χ0) is 18.7. The largest absolute Gasteiger partial charge is 0.327 e. The number of aryl methyl sites for hydroxylation is 1. The summed E-state index contributed by atoms with van der Waals surface area (Å²) in [6.07, 6.45) is 2.31. The van der Waals surface area contributed by atoms with Crippen molar-refractivity contribution in [3.8, 4) is 0 Å². The SMILES string of the molecule is CC(C)CCn1c([C@H](C)c2ccc(CC(C)C)cc2)nc2ccccc21. The Kier molecular flexibility index (Phi) is 5.80. The Morgan fingerprint density at radius 1 is 0.846 bits per heavy atom. The van der Waals surface area contributed by atoms with Gasteiger partial charge in [0, 0.05) is 12.5 Å². The lowest BCUT2D eigenvalue weighted by atomic mass is 9.96. The van der Waals surface area contributed by atoms with E-state index in [9.17, 15) is 0 Å². The number of para-hydroxylation sites is 2. The Balaban J connectivity index is 1.94. The van der Waals surface area contributed by atoms with Crippen molar-refractivity contribution in [3.63, 3.8) is 0 Å². The highest BCUT2D eigenvalue weighted by atomic mass is 15.1. The minimum atomic E-state index is 0.294. The van der Waals surface area contributed by atoms with Crippen molar-refractivity contribution < 1.29 is 0 Å². The first-order chi connectivity index (χ1) is 12.5. The van der Waals surface area contributed by atoms with Gasteiger partial charge in [0.1, 0.15) is 5.82 Å². The van der Waals surface area contributed by atoms with Crippen LogP contribution in [0, 0.1) is 11.8 Å². The summed E-state index contributed by atoms with van der Waals surface area (Å²) < 4.78 is 2.43. The van der Waals surface area contributed by atoms with Crippen LogP contribution in [-0.4, -0.2) is 9.55 Å². The normalized spacial score (nSPS) is 13.0. The fraction of sp³-hybridized carbons (Fsp3) is 0.458. The lowest BCUT2D eigenvalue weighted by Crippen LogP contribution is -2.10. The van der Waals surface area contributed by atoms with E-state index in [2.05, 4.69) is 87.7 Å². The van der Waals surface area contributed by atoms with E-state index in [1.807, 2.05) is 0 Å². The lowest BCUT2D eigenvalue weighted by Gasteiger charge is -2.17. The fourth-order valence-corrected chi connectivity index (χ4v) is 3.61. The molecule has 1 atom stereocenters. The molecule has 0 bridgehead atoms. The molecule has 0 amide bonds. The third-order valence-electron chi connectivity index (χ3n) is 5.13. The monoisotopic (exact) mass is 348 g/mol. The van der Waals surface area contributed by atoms with Crippen LogP contribution < -0.4 is 0 Å². The van der Waals surface area contributed by atoms with Crippen LogP contribution in [0.2, 0.25) is 0 Å². The van der Waals surface area contributed by atoms with Gasteiger partial charge in [-0.3, -0.25) is 0 Å². The van der Waals surface area contributed by atoms with E-state index >= 15 is 0 Å². The lowest BCUT2D eigenvalue weighted by molar-refractivity contribution is 0.508. The molecule has 3 aromatic rings. The summed E-state index contributed by atoms with van der Waals surface area (Å²) in [5, 5.41) is 0. The molecule has 138 valence electrons. The molecule has 3 rings (SSSR count). The molecule has 2 heteroatoms. The van der Waals surface area contributed by atoms with Crippen LogP contribution in [0.1, 0.15) is 63.9 Å². The van der Waals surface area contributed by atoms with Crippen molar-refractivity contribution in [2.45, 2.75) is 59.9 Å². The maximum Gasteiger partial charge on any atom is 0.117 e. The third-order valence-corrected chi connectivity index (χ3v) is 5.13. The van der Waals surface area contributed by atoms with E-state index < -0.39 is 0 Å². The van der Waals surface area contributed by atoms with Crippen LogP contribution >= 0.6 is 0 Å². The van der Waals surface area contributed by atoms with Crippen molar-refractivity contribution in [3.05, 3.63) is 65.5 Å². The molecule has 0 aliphatic rings. The third kappa shape index (κ3) is 4.17. The molecule has 0 aliphatic heterocycles. The number of aromatic nitrogens is 2. The summed E-state index contributed by atoms with van der Waals surface area (Å²) in [4.78, 5) is 5.00. The molecule has 0 aliphatic carbocycles. The standard InChI is InChI=1S/C24H32N2/c1-17(2)14-15-26-23-9-7-6-8-22(23)25-24(26)19(5)21-12-10-20(11-13-21)16-18(3)4/h6-13,17-19H,14-16H2,1-5H3/t19-/m1/s1. The van der Waals surface area contributed by atoms with E-state index in [-0.39, 0.29) is 0 Å². The summed E-state index contributed by atoms with van der Waals surface area (Å²) in [6, 6.07) is 17.7. The number of fused-ring (bicyclic) bond motifs is 1. The molecule has 0 saturated heterocycles. The molecule has 0 saturated carbocycles. The van der Waals surface area contributed by atoms with Crippen molar-refractivity contribution in [1.29, 1.82) is 0 Å². The molecule has 26 heavy (non-hydrogen) atoms. The Bertz CT molecular complexity index is 840. The highest BCUT2D eigenvalue weighted by Crippen LogP contribution is 2.28. The van der Waals surface area contributed by atoms with Gasteiger partial charge in [-0.2, -0.15) is 0 Å². The topological polar surface area (TPSA) is 17.8 Å². The molecule has 1 aromatic heterocycles. The van der Waals surface area contributed by atoms with Gasteiger partial charge in [0.15, 0.2) is 0 Å². The second-order valence-electron chi connectivity index (χ2n) is 8.35. The summed E-state index contributed by atoms with van der Waals surface area (Å²) in [7, 11) is 0. The first kappa shape index (κ1) is 18.7. The molecular formula is C24H32N2. The predicted octanol–water partition coefficient (Wildman–Crippen LogP) is 6.43. The minimum Gasteiger partial charge on any atom is -0.327 e. The van der Waals surface area contributed by atoms with E-state index in [0.29, 0.717) is 17.8 Å². The van der Waals surface area contributed by atoms with Crippen LogP contribution in [0.5, 0.6) is 0 Å². The van der Waals surface area contributed by atoms with Gasteiger partial charge in [-0.25, -0.2) is 4.98 Å². The van der Waals surface area contributed by atoms with Gasteiger partial charge in [0.25, 0.3) is 0 Å². The average Bonchev–Trinajstić information content (AvgIpc) is 2.98.